The summed E-state index contributed by atoms with van der Waals surface area (Å²) >= 11 is 0. The average molecular weight is 307 g/mol. The van der Waals surface area contributed by atoms with Gasteiger partial charge in [-0.15, -0.1) is 12.4 Å². The van der Waals surface area contributed by atoms with Crippen molar-refractivity contribution in [3.63, 3.8) is 0 Å². The zero-order valence-electron chi connectivity index (χ0n) is 12.7. The van der Waals surface area contributed by atoms with Gasteiger partial charge in [-0.25, -0.2) is 0 Å². The molecule has 0 spiro atoms. The summed E-state index contributed by atoms with van der Waals surface area (Å²) < 4.78 is 0. The topological polar surface area (TPSA) is 29.3 Å². The van der Waals surface area contributed by atoms with Gasteiger partial charge in [-0.3, -0.25) is 4.90 Å². The summed E-state index contributed by atoms with van der Waals surface area (Å²) in [5, 5.41) is 0. The predicted octanol–water partition coefficient (Wildman–Crippen LogP) is 3.55. The summed E-state index contributed by atoms with van der Waals surface area (Å²) in [7, 11) is 0. The van der Waals surface area contributed by atoms with Gasteiger partial charge in [0, 0.05) is 25.7 Å². The molecule has 3 heteroatoms. The minimum absolute atomic E-state index is 0. The first-order valence-corrected chi connectivity index (χ1v) is 8.36. The van der Waals surface area contributed by atoms with E-state index in [1.807, 2.05) is 0 Å². The second kappa shape index (κ2) is 6.28. The summed E-state index contributed by atoms with van der Waals surface area (Å²) in [5.74, 6) is 2.50. The van der Waals surface area contributed by atoms with Gasteiger partial charge >= 0.3 is 0 Å². The molecule has 1 aromatic rings. The monoisotopic (exact) mass is 306 g/mol. The summed E-state index contributed by atoms with van der Waals surface area (Å²) in [4.78, 5) is 2.63. The van der Waals surface area contributed by atoms with Crippen LogP contribution in [0.5, 0.6) is 0 Å². The van der Waals surface area contributed by atoms with Gasteiger partial charge in [0.2, 0.25) is 0 Å². The van der Waals surface area contributed by atoms with Crippen molar-refractivity contribution in [1.82, 2.24) is 4.90 Å². The van der Waals surface area contributed by atoms with Crippen LogP contribution >= 0.6 is 12.4 Å². The molecule has 116 valence electrons. The predicted molar refractivity (Wildman–Crippen MR) is 89.7 cm³/mol. The van der Waals surface area contributed by atoms with Crippen LogP contribution in [0.25, 0.3) is 0 Å². The Labute approximate surface area is 134 Å². The van der Waals surface area contributed by atoms with Crippen LogP contribution in [-0.2, 0) is 6.54 Å². The fourth-order valence-corrected chi connectivity index (χ4v) is 4.31. The number of rotatable bonds is 3. The quantitative estimate of drug-likeness (QED) is 0.925. The summed E-state index contributed by atoms with van der Waals surface area (Å²) in [6.45, 7) is 3.60. The Kier molecular flexibility index (Phi) is 4.58. The van der Waals surface area contributed by atoms with Crippen molar-refractivity contribution in [3.05, 3.63) is 35.4 Å². The SMILES string of the molecule is Cl.NC1CCCC2CN(Cc3ccc(C4CC4)cc3)CC12. The minimum atomic E-state index is 0. The van der Waals surface area contributed by atoms with Crippen LogP contribution in [0.4, 0.5) is 0 Å². The van der Waals surface area contributed by atoms with E-state index in [0.717, 1.165) is 24.3 Å². The van der Waals surface area contributed by atoms with Gasteiger partial charge in [0.15, 0.2) is 0 Å². The second-order valence-corrected chi connectivity index (χ2v) is 7.23. The highest BCUT2D eigenvalue weighted by Crippen LogP contribution is 2.40. The molecule has 2 nitrogen and oxygen atoms in total. The Morgan fingerprint density at radius 3 is 2.43 bits per heavy atom. The molecule has 1 aromatic carbocycles. The van der Waals surface area contributed by atoms with Gasteiger partial charge in [-0.05, 0) is 54.6 Å². The first-order valence-electron chi connectivity index (χ1n) is 8.36. The number of hydrogen-bond donors (Lipinski definition) is 1. The molecule has 3 fully saturated rings. The normalized spacial score (nSPS) is 32.5. The van der Waals surface area contributed by atoms with E-state index in [2.05, 4.69) is 29.2 Å². The number of halogens is 1. The van der Waals surface area contributed by atoms with Crippen LogP contribution in [0.15, 0.2) is 24.3 Å². The maximum Gasteiger partial charge on any atom is 0.0233 e. The molecule has 21 heavy (non-hydrogen) atoms. The summed E-state index contributed by atoms with van der Waals surface area (Å²) in [5.41, 5.74) is 9.33. The van der Waals surface area contributed by atoms with Crippen LogP contribution in [0, 0.1) is 11.8 Å². The third kappa shape index (κ3) is 3.28. The van der Waals surface area contributed by atoms with E-state index >= 15 is 0 Å². The average Bonchev–Trinajstić information content (AvgIpc) is 3.21. The molecule has 0 radical (unpaired) electrons. The zero-order valence-corrected chi connectivity index (χ0v) is 13.5. The molecule has 3 aliphatic rings. The molecule has 2 saturated carbocycles. The standard InChI is InChI=1S/C18H26N2.ClH/c19-18-3-1-2-16-11-20(12-17(16)18)10-13-4-6-14(7-5-13)15-8-9-15;/h4-7,15-18H,1-3,8-12,19H2;1H. The molecular formula is C18H27ClN2. The number of hydrogen-bond acceptors (Lipinski definition) is 2. The van der Waals surface area contributed by atoms with E-state index < -0.39 is 0 Å². The number of nitrogens with zero attached hydrogens (tertiary/aromatic N) is 1. The molecule has 0 aromatic heterocycles. The lowest BCUT2D eigenvalue weighted by molar-refractivity contribution is 0.259. The smallest absolute Gasteiger partial charge is 0.0233 e. The van der Waals surface area contributed by atoms with E-state index in [-0.39, 0.29) is 12.4 Å². The molecular weight excluding hydrogens is 280 g/mol. The van der Waals surface area contributed by atoms with Crippen molar-refractivity contribution in [2.24, 2.45) is 17.6 Å². The maximum atomic E-state index is 6.31. The van der Waals surface area contributed by atoms with E-state index in [9.17, 15) is 0 Å². The molecule has 1 heterocycles. The first-order chi connectivity index (χ1) is 9.79. The van der Waals surface area contributed by atoms with Crippen LogP contribution in [0.3, 0.4) is 0 Å². The fourth-order valence-electron chi connectivity index (χ4n) is 4.31. The lowest BCUT2D eigenvalue weighted by atomic mass is 9.78. The third-order valence-corrected chi connectivity index (χ3v) is 5.66. The van der Waals surface area contributed by atoms with Gasteiger partial charge in [0.1, 0.15) is 0 Å². The molecule has 0 bridgehead atoms. The van der Waals surface area contributed by atoms with E-state index in [0.29, 0.717) is 6.04 Å². The number of benzene rings is 1. The van der Waals surface area contributed by atoms with Crippen LogP contribution in [0.2, 0.25) is 0 Å². The Morgan fingerprint density at radius 2 is 1.76 bits per heavy atom. The van der Waals surface area contributed by atoms with Gasteiger partial charge in [-0.1, -0.05) is 30.7 Å². The van der Waals surface area contributed by atoms with E-state index in [1.54, 1.807) is 5.56 Å². The van der Waals surface area contributed by atoms with Gasteiger partial charge in [-0.2, -0.15) is 0 Å². The van der Waals surface area contributed by atoms with Crippen molar-refractivity contribution in [1.29, 1.82) is 0 Å². The Hall–Kier alpha value is -0.570. The van der Waals surface area contributed by atoms with Gasteiger partial charge in [0.25, 0.3) is 0 Å². The Balaban J connectivity index is 0.00000132. The molecule has 2 aliphatic carbocycles. The highest BCUT2D eigenvalue weighted by Gasteiger charge is 2.38. The zero-order chi connectivity index (χ0) is 13.5. The molecule has 0 amide bonds. The van der Waals surface area contributed by atoms with Crippen molar-refractivity contribution < 1.29 is 0 Å². The van der Waals surface area contributed by atoms with Crippen LogP contribution < -0.4 is 5.73 Å². The summed E-state index contributed by atoms with van der Waals surface area (Å²) in [6, 6.07) is 9.84. The maximum absolute atomic E-state index is 6.31. The van der Waals surface area contributed by atoms with Gasteiger partial charge < -0.3 is 5.73 Å². The summed E-state index contributed by atoms with van der Waals surface area (Å²) in [6.07, 6.45) is 6.77. The minimum Gasteiger partial charge on any atom is -0.327 e. The number of fused-ring (bicyclic) bond motifs is 1. The largest absolute Gasteiger partial charge is 0.327 e. The van der Waals surface area contributed by atoms with Crippen molar-refractivity contribution in [3.8, 4) is 0 Å². The first kappa shape index (κ1) is 15.3. The van der Waals surface area contributed by atoms with E-state index in [4.69, 9.17) is 5.73 Å². The lowest BCUT2D eigenvalue weighted by Crippen LogP contribution is -2.38. The molecule has 3 atom stereocenters. The number of likely N-dealkylation sites (tertiary alicyclic amines) is 1. The second-order valence-electron chi connectivity index (χ2n) is 7.23. The third-order valence-electron chi connectivity index (χ3n) is 5.66. The molecule has 1 saturated heterocycles. The van der Waals surface area contributed by atoms with Crippen molar-refractivity contribution in [2.45, 2.75) is 50.6 Å². The molecule has 4 rings (SSSR count). The lowest BCUT2D eigenvalue weighted by Gasteiger charge is -2.29. The highest BCUT2D eigenvalue weighted by atomic mass is 35.5. The molecule has 2 N–H and O–H groups in total. The molecule has 3 unspecified atom stereocenters. The van der Waals surface area contributed by atoms with Crippen molar-refractivity contribution in [2.75, 3.05) is 13.1 Å². The highest BCUT2D eigenvalue weighted by molar-refractivity contribution is 5.85. The fraction of sp³-hybridized carbons (Fsp3) is 0.667. The molecule has 1 aliphatic heterocycles. The van der Waals surface area contributed by atoms with E-state index in [1.165, 1.54) is 50.8 Å². The van der Waals surface area contributed by atoms with Gasteiger partial charge in [0.05, 0.1) is 0 Å². The van der Waals surface area contributed by atoms with Crippen molar-refractivity contribution >= 4 is 12.4 Å². The Bertz CT molecular complexity index is 469. The van der Waals surface area contributed by atoms with Crippen LogP contribution in [-0.4, -0.2) is 24.0 Å². The van der Waals surface area contributed by atoms with Crippen LogP contribution in [0.1, 0.15) is 49.1 Å². The number of nitrogens with two attached hydrogens (primary N) is 1. The Morgan fingerprint density at radius 1 is 1.00 bits per heavy atom.